The first-order chi connectivity index (χ1) is 10.8. The average molecular weight is 330 g/mol. The number of rotatable bonds is 10. The van der Waals surface area contributed by atoms with Crippen molar-refractivity contribution in [2.45, 2.75) is 51.5 Å². The van der Waals surface area contributed by atoms with Gasteiger partial charge in [0, 0.05) is 24.9 Å². The largest absolute Gasteiger partial charge is 0.330 e. The summed E-state index contributed by atoms with van der Waals surface area (Å²) in [7, 11) is 0. The number of Topliss-reactive ketones (excluding diaryl/α,β-unsaturated/α-hetero) is 1. The molecule has 23 heavy (non-hydrogen) atoms. The van der Waals surface area contributed by atoms with Gasteiger partial charge in [-0.3, -0.25) is 4.79 Å². The molecule has 0 bridgehead atoms. The molecule has 6 heteroatoms. The van der Waals surface area contributed by atoms with Gasteiger partial charge in [0.15, 0.2) is 11.6 Å². The Labute approximate surface area is 135 Å². The topological polar surface area (TPSA) is 69.1 Å². The first kappa shape index (κ1) is 19.6. The fourth-order valence-electron chi connectivity index (χ4n) is 2.40. The normalized spacial score (nSPS) is 13.8. The van der Waals surface area contributed by atoms with E-state index in [0.717, 1.165) is 25.3 Å². The number of carbonyl (C=O) groups excluding carboxylic acids is 1. The summed E-state index contributed by atoms with van der Waals surface area (Å²) >= 11 is 0. The Balaban J connectivity index is 2.37. The summed E-state index contributed by atoms with van der Waals surface area (Å²) in [5.74, 6) is -2.75. The van der Waals surface area contributed by atoms with Gasteiger partial charge < -0.3 is 11.5 Å². The maximum atomic E-state index is 13.5. The Morgan fingerprint density at radius 2 is 1.78 bits per heavy atom. The third kappa shape index (κ3) is 7.14. The summed E-state index contributed by atoms with van der Waals surface area (Å²) in [6, 6.07) is 0.686. The highest BCUT2D eigenvalue weighted by Crippen LogP contribution is 2.16. The minimum atomic E-state index is -1.23. The van der Waals surface area contributed by atoms with E-state index in [1.165, 1.54) is 0 Å². The first-order valence-corrected chi connectivity index (χ1v) is 7.94. The molecule has 2 atom stereocenters. The second-order valence-corrected chi connectivity index (χ2v) is 6.15. The molecule has 0 aliphatic heterocycles. The molecule has 0 aliphatic rings. The molecule has 0 aliphatic carbocycles. The van der Waals surface area contributed by atoms with Gasteiger partial charge >= 0.3 is 0 Å². The predicted molar refractivity (Wildman–Crippen MR) is 84.3 cm³/mol. The quantitative estimate of drug-likeness (QED) is 0.512. The standard InChI is InChI=1S/C17H25F3N2O/c1-11(10-21)4-2-3-5-14(23)8-13(22)6-12-7-16(19)17(20)9-15(12)18/h7,9,11,13H,2-6,8,10,21-22H2,1H3/t11-,13+/m0/s1. The summed E-state index contributed by atoms with van der Waals surface area (Å²) < 4.78 is 39.5. The van der Waals surface area contributed by atoms with E-state index in [-0.39, 0.29) is 24.2 Å². The Morgan fingerprint density at radius 3 is 2.43 bits per heavy atom. The lowest BCUT2D eigenvalue weighted by Gasteiger charge is -2.12. The zero-order valence-corrected chi connectivity index (χ0v) is 13.5. The molecule has 0 aromatic heterocycles. The minimum absolute atomic E-state index is 0.000827. The molecule has 0 unspecified atom stereocenters. The molecule has 1 rings (SSSR count). The maximum Gasteiger partial charge on any atom is 0.161 e. The van der Waals surface area contributed by atoms with E-state index in [9.17, 15) is 18.0 Å². The number of hydrogen-bond donors (Lipinski definition) is 2. The highest BCUT2D eigenvalue weighted by molar-refractivity contribution is 5.78. The molecular weight excluding hydrogens is 305 g/mol. The van der Waals surface area contributed by atoms with Crippen LogP contribution < -0.4 is 11.5 Å². The van der Waals surface area contributed by atoms with Crippen molar-refractivity contribution in [1.29, 1.82) is 0 Å². The Bertz CT molecular complexity index is 523. The van der Waals surface area contributed by atoms with Crippen LogP contribution in [0.25, 0.3) is 0 Å². The van der Waals surface area contributed by atoms with Gasteiger partial charge in [-0.2, -0.15) is 0 Å². The Morgan fingerprint density at radius 1 is 1.13 bits per heavy atom. The van der Waals surface area contributed by atoms with E-state index in [1.807, 2.05) is 0 Å². The van der Waals surface area contributed by atoms with E-state index in [1.54, 1.807) is 0 Å². The molecule has 130 valence electrons. The fraction of sp³-hybridized carbons (Fsp3) is 0.588. The van der Waals surface area contributed by atoms with E-state index < -0.39 is 23.5 Å². The van der Waals surface area contributed by atoms with Crippen molar-refractivity contribution < 1.29 is 18.0 Å². The zero-order valence-electron chi connectivity index (χ0n) is 13.5. The Kier molecular flexibility index (Phi) is 8.26. The number of benzene rings is 1. The molecule has 0 spiro atoms. The molecule has 0 heterocycles. The van der Waals surface area contributed by atoms with Crippen LogP contribution in [0.4, 0.5) is 13.2 Å². The van der Waals surface area contributed by atoms with Crippen LogP contribution in [0.1, 0.15) is 44.6 Å². The van der Waals surface area contributed by atoms with Gasteiger partial charge in [-0.25, -0.2) is 13.2 Å². The smallest absolute Gasteiger partial charge is 0.161 e. The summed E-state index contributed by atoms with van der Waals surface area (Å²) in [6.07, 6.45) is 3.21. The number of ketones is 1. The number of halogens is 3. The lowest BCUT2D eigenvalue weighted by atomic mass is 9.98. The molecule has 0 radical (unpaired) electrons. The van der Waals surface area contributed by atoms with Crippen molar-refractivity contribution in [3.63, 3.8) is 0 Å². The van der Waals surface area contributed by atoms with Crippen molar-refractivity contribution in [3.8, 4) is 0 Å². The van der Waals surface area contributed by atoms with Crippen LogP contribution in [-0.4, -0.2) is 18.4 Å². The molecule has 0 fully saturated rings. The first-order valence-electron chi connectivity index (χ1n) is 7.94. The monoisotopic (exact) mass is 330 g/mol. The highest BCUT2D eigenvalue weighted by Gasteiger charge is 2.15. The number of unbranched alkanes of at least 4 members (excludes halogenated alkanes) is 1. The van der Waals surface area contributed by atoms with Gasteiger partial charge in [-0.05, 0) is 43.4 Å². The maximum absolute atomic E-state index is 13.5. The zero-order chi connectivity index (χ0) is 17.4. The second-order valence-electron chi connectivity index (χ2n) is 6.15. The van der Waals surface area contributed by atoms with E-state index in [4.69, 9.17) is 11.5 Å². The third-order valence-electron chi connectivity index (χ3n) is 3.87. The molecule has 0 amide bonds. The van der Waals surface area contributed by atoms with E-state index in [0.29, 0.717) is 24.9 Å². The molecule has 3 nitrogen and oxygen atoms in total. The molecule has 0 saturated carbocycles. The van der Waals surface area contributed by atoms with Gasteiger partial charge in [0.25, 0.3) is 0 Å². The van der Waals surface area contributed by atoms with Crippen LogP contribution in [0.3, 0.4) is 0 Å². The van der Waals surface area contributed by atoms with Crippen molar-refractivity contribution in [3.05, 3.63) is 35.1 Å². The molecule has 0 saturated heterocycles. The minimum Gasteiger partial charge on any atom is -0.330 e. The van der Waals surface area contributed by atoms with Crippen molar-refractivity contribution in [2.75, 3.05) is 6.54 Å². The number of hydrogen-bond acceptors (Lipinski definition) is 3. The summed E-state index contributed by atoms with van der Waals surface area (Å²) in [5.41, 5.74) is 11.3. The van der Waals surface area contributed by atoms with Gasteiger partial charge in [-0.1, -0.05) is 13.3 Å². The van der Waals surface area contributed by atoms with Gasteiger partial charge in [0.05, 0.1) is 0 Å². The van der Waals surface area contributed by atoms with Crippen molar-refractivity contribution >= 4 is 5.78 Å². The predicted octanol–water partition coefficient (Wildman–Crippen LogP) is 3.09. The van der Waals surface area contributed by atoms with Crippen LogP contribution in [0.5, 0.6) is 0 Å². The average Bonchev–Trinajstić information content (AvgIpc) is 2.48. The number of carbonyl (C=O) groups is 1. The number of nitrogens with two attached hydrogens (primary N) is 2. The van der Waals surface area contributed by atoms with Crippen molar-refractivity contribution in [1.82, 2.24) is 0 Å². The van der Waals surface area contributed by atoms with Gasteiger partial charge in [0.1, 0.15) is 11.6 Å². The second kappa shape index (κ2) is 9.67. The van der Waals surface area contributed by atoms with Crippen LogP contribution in [0, 0.1) is 23.4 Å². The lowest BCUT2D eigenvalue weighted by molar-refractivity contribution is -0.119. The highest BCUT2D eigenvalue weighted by atomic mass is 19.2. The van der Waals surface area contributed by atoms with E-state index in [2.05, 4.69) is 6.92 Å². The summed E-state index contributed by atoms with van der Waals surface area (Å²) in [6.45, 7) is 2.70. The Hall–Kier alpha value is -1.40. The third-order valence-corrected chi connectivity index (χ3v) is 3.87. The summed E-state index contributed by atoms with van der Waals surface area (Å²) in [5, 5.41) is 0. The van der Waals surface area contributed by atoms with Crippen LogP contribution in [0.2, 0.25) is 0 Å². The fourth-order valence-corrected chi connectivity index (χ4v) is 2.40. The van der Waals surface area contributed by atoms with Crippen LogP contribution in [0.15, 0.2) is 12.1 Å². The SMILES string of the molecule is C[C@H](CN)CCCCC(=O)C[C@H](N)Cc1cc(F)c(F)cc1F. The lowest BCUT2D eigenvalue weighted by Crippen LogP contribution is -2.26. The molecule has 1 aromatic carbocycles. The summed E-state index contributed by atoms with van der Waals surface area (Å²) in [4.78, 5) is 11.8. The molecule has 1 aromatic rings. The molecular formula is C17H25F3N2O. The van der Waals surface area contributed by atoms with Gasteiger partial charge in [-0.15, -0.1) is 0 Å². The van der Waals surface area contributed by atoms with Crippen LogP contribution >= 0.6 is 0 Å². The van der Waals surface area contributed by atoms with Crippen LogP contribution in [-0.2, 0) is 11.2 Å². The van der Waals surface area contributed by atoms with Gasteiger partial charge in [0.2, 0.25) is 0 Å². The van der Waals surface area contributed by atoms with Crippen molar-refractivity contribution in [2.24, 2.45) is 17.4 Å². The molecule has 4 N–H and O–H groups in total. The van der Waals surface area contributed by atoms with E-state index >= 15 is 0 Å².